The molecule has 66 valence electrons. The molecule has 0 bridgehead atoms. The number of aromatic nitrogens is 1. The van der Waals surface area contributed by atoms with Crippen molar-refractivity contribution in [3.05, 3.63) is 24.0 Å². The van der Waals surface area contributed by atoms with Gasteiger partial charge in [-0.25, -0.2) is 0 Å². The van der Waals surface area contributed by atoms with Crippen LogP contribution in [0.25, 0.3) is 0 Å². The van der Waals surface area contributed by atoms with Crippen LogP contribution in [0.1, 0.15) is 26.5 Å². The summed E-state index contributed by atoms with van der Waals surface area (Å²) in [7, 11) is 1.67. The van der Waals surface area contributed by atoms with E-state index in [0.29, 0.717) is 0 Å². The van der Waals surface area contributed by atoms with Gasteiger partial charge in [0.2, 0.25) is 0 Å². The summed E-state index contributed by atoms with van der Waals surface area (Å²) in [5.74, 6) is 0.870. The number of nitrogens with zero attached hydrogens (tertiary/aromatic N) is 1. The molecule has 0 unspecified atom stereocenters. The maximum Gasteiger partial charge on any atom is 0.122 e. The van der Waals surface area contributed by atoms with Crippen LogP contribution in [-0.4, -0.2) is 12.1 Å². The lowest BCUT2D eigenvalue weighted by molar-refractivity contribution is 0.411. The van der Waals surface area contributed by atoms with Crippen molar-refractivity contribution in [3.8, 4) is 5.75 Å². The first-order valence-electron chi connectivity index (χ1n) is 4.04. The first-order chi connectivity index (χ1) is 5.54. The van der Waals surface area contributed by atoms with Crippen LogP contribution in [0.15, 0.2) is 18.3 Å². The highest BCUT2D eigenvalue weighted by Crippen LogP contribution is 2.22. The van der Waals surface area contributed by atoms with Crippen molar-refractivity contribution >= 4 is 0 Å². The Kier molecular flexibility index (Phi) is 2.36. The monoisotopic (exact) mass is 165 g/mol. The van der Waals surface area contributed by atoms with Gasteiger partial charge in [-0.05, 0) is 6.07 Å². The van der Waals surface area contributed by atoms with Crippen LogP contribution in [-0.2, 0) is 5.41 Å². The zero-order chi connectivity index (χ0) is 9.19. The van der Waals surface area contributed by atoms with E-state index >= 15 is 0 Å². The fourth-order valence-corrected chi connectivity index (χ4v) is 0.948. The Morgan fingerprint density at radius 2 is 2.00 bits per heavy atom. The molecular weight excluding hydrogens is 150 g/mol. The summed E-state index contributed by atoms with van der Waals surface area (Å²) in [5, 5.41) is 0. The molecular formula is C10H15NO. The van der Waals surface area contributed by atoms with Crippen LogP contribution >= 0.6 is 0 Å². The standard InChI is InChI=1S/C10H15NO/c1-10(2,3)9-7-8(12-4)5-6-11-9/h5-7H,1-4H3. The third kappa shape index (κ3) is 1.97. The van der Waals surface area contributed by atoms with Crippen molar-refractivity contribution in [2.75, 3.05) is 7.11 Å². The lowest BCUT2D eigenvalue weighted by Crippen LogP contribution is -2.13. The van der Waals surface area contributed by atoms with E-state index in [2.05, 4.69) is 25.8 Å². The van der Waals surface area contributed by atoms with E-state index in [4.69, 9.17) is 4.74 Å². The molecule has 0 aliphatic carbocycles. The second-order valence-electron chi connectivity index (χ2n) is 3.83. The van der Waals surface area contributed by atoms with Crippen LogP contribution in [0, 0.1) is 0 Å². The molecule has 1 heterocycles. The number of rotatable bonds is 1. The highest BCUT2D eigenvalue weighted by atomic mass is 16.5. The van der Waals surface area contributed by atoms with E-state index in [1.54, 1.807) is 13.3 Å². The van der Waals surface area contributed by atoms with E-state index in [9.17, 15) is 0 Å². The van der Waals surface area contributed by atoms with Crippen molar-refractivity contribution < 1.29 is 4.74 Å². The molecule has 0 saturated heterocycles. The third-order valence-corrected chi connectivity index (χ3v) is 1.74. The zero-order valence-electron chi connectivity index (χ0n) is 8.09. The molecule has 1 rings (SSSR count). The van der Waals surface area contributed by atoms with Gasteiger partial charge in [-0.15, -0.1) is 0 Å². The average Bonchev–Trinajstić information content (AvgIpc) is 2.03. The van der Waals surface area contributed by atoms with E-state index in [1.165, 1.54) is 0 Å². The molecule has 0 amide bonds. The molecule has 0 aliphatic heterocycles. The van der Waals surface area contributed by atoms with Crippen LogP contribution in [0.3, 0.4) is 0 Å². The van der Waals surface area contributed by atoms with Gasteiger partial charge in [-0.2, -0.15) is 0 Å². The van der Waals surface area contributed by atoms with Crippen LogP contribution in [0.4, 0.5) is 0 Å². The number of hydrogen-bond acceptors (Lipinski definition) is 2. The molecule has 1 aromatic rings. The van der Waals surface area contributed by atoms with Gasteiger partial charge < -0.3 is 4.74 Å². The second-order valence-corrected chi connectivity index (χ2v) is 3.83. The first-order valence-corrected chi connectivity index (χ1v) is 4.04. The predicted octanol–water partition coefficient (Wildman–Crippen LogP) is 2.39. The van der Waals surface area contributed by atoms with Gasteiger partial charge in [-0.1, -0.05) is 20.8 Å². The van der Waals surface area contributed by atoms with Gasteiger partial charge in [0, 0.05) is 23.4 Å². The van der Waals surface area contributed by atoms with Gasteiger partial charge in [-0.3, -0.25) is 4.98 Å². The smallest absolute Gasteiger partial charge is 0.122 e. The molecule has 1 aromatic heterocycles. The molecule has 0 aliphatic rings. The first kappa shape index (κ1) is 9.04. The Bertz CT molecular complexity index is 263. The van der Waals surface area contributed by atoms with Crippen molar-refractivity contribution in [1.29, 1.82) is 0 Å². The van der Waals surface area contributed by atoms with Gasteiger partial charge in [0.1, 0.15) is 5.75 Å². The SMILES string of the molecule is COc1ccnc(C(C)(C)C)c1. The molecule has 0 saturated carbocycles. The molecule has 12 heavy (non-hydrogen) atoms. The minimum atomic E-state index is 0.0918. The summed E-state index contributed by atoms with van der Waals surface area (Å²) in [5.41, 5.74) is 1.15. The summed E-state index contributed by atoms with van der Waals surface area (Å²) < 4.78 is 5.11. The molecule has 0 radical (unpaired) electrons. The van der Waals surface area contributed by atoms with E-state index < -0.39 is 0 Å². The molecule has 0 atom stereocenters. The van der Waals surface area contributed by atoms with Crippen molar-refractivity contribution in [2.24, 2.45) is 0 Å². The Morgan fingerprint density at radius 1 is 1.33 bits per heavy atom. The normalized spacial score (nSPS) is 11.3. The fraction of sp³-hybridized carbons (Fsp3) is 0.500. The van der Waals surface area contributed by atoms with E-state index in [0.717, 1.165) is 11.4 Å². The highest BCUT2D eigenvalue weighted by molar-refractivity contribution is 5.26. The minimum absolute atomic E-state index is 0.0918. The Balaban J connectivity index is 3.02. The number of methoxy groups -OCH3 is 1. The summed E-state index contributed by atoms with van der Waals surface area (Å²) in [6.07, 6.45) is 1.78. The van der Waals surface area contributed by atoms with Gasteiger partial charge in [0.05, 0.1) is 7.11 Å². The zero-order valence-corrected chi connectivity index (χ0v) is 8.09. The summed E-state index contributed by atoms with van der Waals surface area (Å²) in [6.45, 7) is 6.40. The summed E-state index contributed by atoms with van der Waals surface area (Å²) in [6, 6.07) is 3.83. The second kappa shape index (κ2) is 3.13. The lowest BCUT2D eigenvalue weighted by atomic mass is 9.92. The maximum absolute atomic E-state index is 5.11. The number of ether oxygens (including phenoxy) is 1. The van der Waals surface area contributed by atoms with E-state index in [1.807, 2.05) is 12.1 Å². The number of hydrogen-bond donors (Lipinski definition) is 0. The largest absolute Gasteiger partial charge is 0.497 e. The molecule has 2 nitrogen and oxygen atoms in total. The van der Waals surface area contributed by atoms with Crippen LogP contribution in [0.2, 0.25) is 0 Å². The Morgan fingerprint density at radius 3 is 2.50 bits per heavy atom. The highest BCUT2D eigenvalue weighted by Gasteiger charge is 2.15. The van der Waals surface area contributed by atoms with E-state index in [-0.39, 0.29) is 5.41 Å². The van der Waals surface area contributed by atoms with Crippen LogP contribution < -0.4 is 4.74 Å². The molecule has 0 N–H and O–H groups in total. The number of pyridine rings is 1. The molecule has 0 fully saturated rings. The third-order valence-electron chi connectivity index (χ3n) is 1.74. The predicted molar refractivity (Wildman–Crippen MR) is 49.5 cm³/mol. The maximum atomic E-state index is 5.11. The van der Waals surface area contributed by atoms with Crippen molar-refractivity contribution in [3.63, 3.8) is 0 Å². The minimum Gasteiger partial charge on any atom is -0.497 e. The van der Waals surface area contributed by atoms with Crippen molar-refractivity contribution in [1.82, 2.24) is 4.98 Å². The van der Waals surface area contributed by atoms with Gasteiger partial charge >= 0.3 is 0 Å². The van der Waals surface area contributed by atoms with Crippen LogP contribution in [0.5, 0.6) is 5.75 Å². The van der Waals surface area contributed by atoms with Gasteiger partial charge in [0.25, 0.3) is 0 Å². The quantitative estimate of drug-likeness (QED) is 0.637. The van der Waals surface area contributed by atoms with Gasteiger partial charge in [0.15, 0.2) is 0 Å². The Hall–Kier alpha value is -1.05. The fourth-order valence-electron chi connectivity index (χ4n) is 0.948. The van der Waals surface area contributed by atoms with Crippen molar-refractivity contribution in [2.45, 2.75) is 26.2 Å². The lowest BCUT2D eigenvalue weighted by Gasteiger charge is -2.17. The molecule has 0 spiro atoms. The molecule has 0 aromatic carbocycles. The molecule has 2 heteroatoms. The Labute approximate surface area is 73.6 Å². The summed E-state index contributed by atoms with van der Waals surface area (Å²) >= 11 is 0. The summed E-state index contributed by atoms with van der Waals surface area (Å²) in [4.78, 5) is 4.28. The average molecular weight is 165 g/mol. The topological polar surface area (TPSA) is 22.1 Å².